The molecule has 0 aliphatic heterocycles. The predicted octanol–water partition coefficient (Wildman–Crippen LogP) is 5.51. The Labute approximate surface area is 117 Å². The number of thiocarbonyl (C=S) groups is 1. The van der Waals surface area contributed by atoms with Gasteiger partial charge in [-0.3, -0.25) is 0 Å². The van der Waals surface area contributed by atoms with Crippen LogP contribution in [0.5, 0.6) is 0 Å². The molecule has 0 heterocycles. The van der Waals surface area contributed by atoms with Crippen LogP contribution in [0, 0.1) is 0 Å². The van der Waals surface area contributed by atoms with Gasteiger partial charge >= 0.3 is 0 Å². The average Bonchev–Trinajstić information content (AvgIpc) is 2.29. The lowest BCUT2D eigenvalue weighted by Crippen LogP contribution is -1.82. The van der Waals surface area contributed by atoms with Crippen molar-refractivity contribution in [3.63, 3.8) is 0 Å². The van der Waals surface area contributed by atoms with E-state index in [-0.39, 0.29) is 0 Å². The van der Waals surface area contributed by atoms with Crippen molar-refractivity contribution >= 4 is 17.4 Å². The highest BCUT2D eigenvalue weighted by Crippen LogP contribution is 2.11. The van der Waals surface area contributed by atoms with Gasteiger partial charge in [-0.2, -0.15) is 0 Å². The van der Waals surface area contributed by atoms with Gasteiger partial charge < -0.3 is 0 Å². The van der Waals surface area contributed by atoms with Crippen LogP contribution in [0.25, 0.3) is 0 Å². The van der Waals surface area contributed by atoms with Crippen LogP contribution in [0.3, 0.4) is 0 Å². The number of hydrogen-bond acceptors (Lipinski definition) is 2. The van der Waals surface area contributed by atoms with Crippen LogP contribution in [-0.2, 0) is 0 Å². The molecular weight excluding hydrogens is 238 g/mol. The zero-order valence-corrected chi connectivity index (χ0v) is 12.9. The molecule has 0 radical (unpaired) electrons. The molecule has 0 fully saturated rings. The fourth-order valence-corrected chi connectivity index (χ4v) is 1.65. The van der Waals surface area contributed by atoms with Crippen molar-refractivity contribution in [2.75, 3.05) is 6.54 Å². The first-order valence-electron chi connectivity index (χ1n) is 6.54. The van der Waals surface area contributed by atoms with Crippen molar-refractivity contribution in [1.82, 2.24) is 0 Å². The van der Waals surface area contributed by atoms with Crippen molar-refractivity contribution in [2.45, 2.75) is 53.4 Å². The summed E-state index contributed by atoms with van der Waals surface area (Å²) in [6, 6.07) is 0. The molecule has 0 atom stereocenters. The summed E-state index contributed by atoms with van der Waals surface area (Å²) >= 11 is 4.52. The van der Waals surface area contributed by atoms with Crippen LogP contribution >= 0.6 is 12.2 Å². The van der Waals surface area contributed by atoms with E-state index in [1.54, 1.807) is 0 Å². The van der Waals surface area contributed by atoms with Gasteiger partial charge in [0, 0.05) is 0 Å². The highest BCUT2D eigenvalue weighted by molar-refractivity contribution is 7.78. The summed E-state index contributed by atoms with van der Waals surface area (Å²) in [5.74, 6) is 0. The van der Waals surface area contributed by atoms with Gasteiger partial charge in [0.25, 0.3) is 0 Å². The third kappa shape index (κ3) is 11.5. The second-order valence-electron chi connectivity index (χ2n) is 4.89. The SMILES string of the molecule is CC(C)=CCC/C(C)=C/CC/C(C)=C/CN=C=S. The molecule has 0 bridgehead atoms. The van der Waals surface area contributed by atoms with E-state index in [4.69, 9.17) is 0 Å². The summed E-state index contributed by atoms with van der Waals surface area (Å²) in [6.07, 6.45) is 11.3. The molecule has 0 unspecified atom stereocenters. The lowest BCUT2D eigenvalue weighted by atomic mass is 10.1. The Hall–Kier alpha value is -0.980. The van der Waals surface area contributed by atoms with Gasteiger partial charge in [0.2, 0.25) is 0 Å². The van der Waals surface area contributed by atoms with Crippen LogP contribution in [0.4, 0.5) is 0 Å². The van der Waals surface area contributed by atoms with Gasteiger partial charge in [-0.25, -0.2) is 4.99 Å². The normalized spacial score (nSPS) is 12.0. The Kier molecular flexibility index (Phi) is 10.5. The first-order chi connectivity index (χ1) is 8.56. The van der Waals surface area contributed by atoms with E-state index in [2.05, 4.69) is 68.3 Å². The van der Waals surface area contributed by atoms with Crippen LogP contribution in [-0.4, -0.2) is 11.7 Å². The third-order valence-corrected chi connectivity index (χ3v) is 2.85. The first kappa shape index (κ1) is 17.0. The fourth-order valence-electron chi connectivity index (χ4n) is 1.58. The highest BCUT2D eigenvalue weighted by atomic mass is 32.1. The van der Waals surface area contributed by atoms with Gasteiger partial charge in [0.1, 0.15) is 0 Å². The van der Waals surface area contributed by atoms with E-state index in [0.29, 0.717) is 6.54 Å². The molecule has 0 rings (SSSR count). The molecule has 0 aliphatic rings. The van der Waals surface area contributed by atoms with E-state index >= 15 is 0 Å². The largest absolute Gasteiger partial charge is 0.228 e. The molecule has 0 spiro atoms. The minimum absolute atomic E-state index is 0.665. The monoisotopic (exact) mass is 263 g/mol. The van der Waals surface area contributed by atoms with Gasteiger partial charge in [0.05, 0.1) is 11.7 Å². The zero-order valence-electron chi connectivity index (χ0n) is 12.1. The Bertz CT molecular complexity index is 365. The number of isothiocyanates is 1. The third-order valence-electron chi connectivity index (χ3n) is 2.72. The second kappa shape index (κ2) is 11.1. The van der Waals surface area contributed by atoms with E-state index < -0.39 is 0 Å². The smallest absolute Gasteiger partial charge is 0.0676 e. The van der Waals surface area contributed by atoms with E-state index in [9.17, 15) is 0 Å². The maximum absolute atomic E-state index is 4.52. The average molecular weight is 263 g/mol. The molecule has 0 saturated carbocycles. The number of rotatable bonds is 8. The summed E-state index contributed by atoms with van der Waals surface area (Å²) in [5.41, 5.74) is 4.26. The van der Waals surface area contributed by atoms with Crippen molar-refractivity contribution < 1.29 is 0 Å². The molecule has 2 heteroatoms. The maximum Gasteiger partial charge on any atom is 0.0676 e. The molecule has 1 nitrogen and oxygen atoms in total. The Balaban J connectivity index is 3.89. The Morgan fingerprint density at radius 1 is 0.944 bits per heavy atom. The molecule has 0 amide bonds. The molecule has 0 aliphatic carbocycles. The standard InChI is InChI=1S/C16H25NS/c1-14(2)7-5-8-15(3)9-6-10-16(4)11-12-17-13-18/h7,9,11H,5-6,8,10,12H2,1-4H3/b15-9+,16-11+. The number of nitrogens with zero attached hydrogens (tertiary/aromatic N) is 1. The van der Waals surface area contributed by atoms with Gasteiger partial charge in [-0.15, -0.1) is 0 Å². The summed E-state index contributed by atoms with van der Waals surface area (Å²) in [6.45, 7) is 9.32. The Morgan fingerprint density at radius 3 is 2.06 bits per heavy atom. The maximum atomic E-state index is 4.52. The quantitative estimate of drug-likeness (QED) is 0.319. The summed E-state index contributed by atoms with van der Waals surface area (Å²) in [7, 11) is 0. The minimum Gasteiger partial charge on any atom is -0.228 e. The molecule has 0 N–H and O–H groups in total. The number of hydrogen-bond donors (Lipinski definition) is 0. The first-order valence-corrected chi connectivity index (χ1v) is 6.95. The van der Waals surface area contributed by atoms with Crippen LogP contribution in [0.15, 0.2) is 39.9 Å². The number of allylic oxidation sites excluding steroid dienone is 5. The van der Waals surface area contributed by atoms with E-state index in [1.165, 1.54) is 23.1 Å². The molecule has 0 aromatic heterocycles. The van der Waals surface area contributed by atoms with Crippen molar-refractivity contribution in [2.24, 2.45) is 4.99 Å². The molecular formula is C16H25NS. The summed E-state index contributed by atoms with van der Waals surface area (Å²) < 4.78 is 0. The van der Waals surface area contributed by atoms with E-state index in [0.717, 1.165) is 19.3 Å². The lowest BCUT2D eigenvalue weighted by Gasteiger charge is -2.00. The number of aliphatic imine (C=N–C) groups is 1. The van der Waals surface area contributed by atoms with Crippen molar-refractivity contribution in [3.8, 4) is 0 Å². The summed E-state index contributed by atoms with van der Waals surface area (Å²) in [5, 5.41) is 2.38. The van der Waals surface area contributed by atoms with Gasteiger partial charge in [0.15, 0.2) is 0 Å². The van der Waals surface area contributed by atoms with Gasteiger partial charge in [-0.1, -0.05) is 34.9 Å². The predicted molar refractivity (Wildman–Crippen MR) is 85.3 cm³/mol. The van der Waals surface area contributed by atoms with Crippen LogP contribution in [0.2, 0.25) is 0 Å². The topological polar surface area (TPSA) is 12.4 Å². The molecule has 0 aromatic carbocycles. The summed E-state index contributed by atoms with van der Waals surface area (Å²) in [4.78, 5) is 3.88. The van der Waals surface area contributed by atoms with E-state index in [1.807, 2.05) is 0 Å². The lowest BCUT2D eigenvalue weighted by molar-refractivity contribution is 0.915. The zero-order chi connectivity index (χ0) is 13.8. The molecule has 0 aromatic rings. The van der Waals surface area contributed by atoms with Crippen molar-refractivity contribution in [1.29, 1.82) is 0 Å². The molecule has 0 saturated heterocycles. The second-order valence-corrected chi connectivity index (χ2v) is 5.07. The fraction of sp³-hybridized carbons (Fsp3) is 0.562. The Morgan fingerprint density at radius 2 is 1.50 bits per heavy atom. The van der Waals surface area contributed by atoms with Crippen LogP contribution in [0.1, 0.15) is 53.4 Å². The molecule has 100 valence electrons. The van der Waals surface area contributed by atoms with Gasteiger partial charge in [-0.05, 0) is 65.6 Å². The highest BCUT2D eigenvalue weighted by Gasteiger charge is 1.91. The minimum atomic E-state index is 0.665. The van der Waals surface area contributed by atoms with Crippen LogP contribution < -0.4 is 0 Å². The van der Waals surface area contributed by atoms with Crippen molar-refractivity contribution in [3.05, 3.63) is 34.9 Å². The molecule has 18 heavy (non-hydrogen) atoms.